The summed E-state index contributed by atoms with van der Waals surface area (Å²) in [6.07, 6.45) is 2.64. The lowest BCUT2D eigenvalue weighted by Crippen LogP contribution is -2.41. The van der Waals surface area contributed by atoms with Crippen molar-refractivity contribution in [3.63, 3.8) is 0 Å². The Balaban J connectivity index is 2.76. The standard InChI is InChI=1S/C10H16O7S/c1-2-16-9(11)8(18(13,14)15)10(12)17-7-5-3-4-6-7/h7-8H,2-6H2,1H3,(H,13,14,15). The Morgan fingerprint density at radius 1 is 1.28 bits per heavy atom. The number of carbonyl (C=O) groups is 2. The zero-order chi connectivity index (χ0) is 13.8. The molecule has 0 aromatic carbocycles. The van der Waals surface area contributed by atoms with Gasteiger partial charge in [0, 0.05) is 0 Å². The lowest BCUT2D eigenvalue weighted by Gasteiger charge is -2.15. The molecule has 7 nitrogen and oxygen atoms in total. The first-order valence-corrected chi connectivity index (χ1v) is 7.20. The van der Waals surface area contributed by atoms with Gasteiger partial charge in [-0.15, -0.1) is 0 Å². The summed E-state index contributed by atoms with van der Waals surface area (Å²) in [5, 5.41) is -2.31. The Hall–Kier alpha value is -1.15. The fourth-order valence-corrected chi connectivity index (χ4v) is 2.40. The van der Waals surface area contributed by atoms with Gasteiger partial charge in [0.15, 0.2) is 0 Å². The van der Waals surface area contributed by atoms with Crippen LogP contribution in [0.1, 0.15) is 32.6 Å². The van der Waals surface area contributed by atoms with Crippen LogP contribution in [0.25, 0.3) is 0 Å². The van der Waals surface area contributed by atoms with Crippen LogP contribution in [0.3, 0.4) is 0 Å². The fourth-order valence-electron chi connectivity index (χ4n) is 1.79. The van der Waals surface area contributed by atoms with Crippen LogP contribution in [0.4, 0.5) is 0 Å². The average Bonchev–Trinajstić information content (AvgIpc) is 2.68. The van der Waals surface area contributed by atoms with Crippen molar-refractivity contribution >= 4 is 22.1 Å². The average molecular weight is 280 g/mol. The van der Waals surface area contributed by atoms with E-state index in [-0.39, 0.29) is 6.61 Å². The van der Waals surface area contributed by atoms with Crippen molar-refractivity contribution in [3.8, 4) is 0 Å². The third-order valence-corrected chi connectivity index (χ3v) is 3.58. The molecule has 0 aromatic rings. The van der Waals surface area contributed by atoms with Crippen molar-refractivity contribution in [3.05, 3.63) is 0 Å². The predicted molar refractivity (Wildman–Crippen MR) is 60.3 cm³/mol. The number of rotatable bonds is 5. The zero-order valence-corrected chi connectivity index (χ0v) is 10.8. The fraction of sp³-hybridized carbons (Fsp3) is 0.800. The molecule has 0 amide bonds. The lowest BCUT2D eigenvalue weighted by molar-refractivity contribution is -0.156. The van der Waals surface area contributed by atoms with Crippen LogP contribution in [0, 0.1) is 0 Å². The van der Waals surface area contributed by atoms with E-state index in [4.69, 9.17) is 9.29 Å². The van der Waals surface area contributed by atoms with Gasteiger partial charge in [-0.1, -0.05) is 0 Å². The van der Waals surface area contributed by atoms with Crippen LogP contribution in [0.2, 0.25) is 0 Å². The lowest BCUT2D eigenvalue weighted by atomic mass is 10.3. The maximum Gasteiger partial charge on any atom is 0.338 e. The van der Waals surface area contributed by atoms with Crippen LogP contribution in [0.5, 0.6) is 0 Å². The minimum atomic E-state index is -4.88. The highest BCUT2D eigenvalue weighted by molar-refractivity contribution is 7.88. The first kappa shape index (κ1) is 14.9. The monoisotopic (exact) mass is 280 g/mol. The van der Waals surface area contributed by atoms with E-state index in [1.807, 2.05) is 0 Å². The van der Waals surface area contributed by atoms with Crippen LogP contribution < -0.4 is 0 Å². The van der Waals surface area contributed by atoms with Gasteiger partial charge in [0.25, 0.3) is 15.4 Å². The molecule has 1 aliphatic carbocycles. The van der Waals surface area contributed by atoms with E-state index in [9.17, 15) is 18.0 Å². The maximum absolute atomic E-state index is 11.6. The Morgan fingerprint density at radius 2 is 1.83 bits per heavy atom. The maximum atomic E-state index is 11.6. The van der Waals surface area contributed by atoms with E-state index in [0.29, 0.717) is 12.8 Å². The molecule has 1 atom stereocenters. The molecule has 1 N–H and O–H groups in total. The first-order valence-electron chi connectivity index (χ1n) is 5.69. The summed E-state index contributed by atoms with van der Waals surface area (Å²) in [7, 11) is -4.88. The minimum absolute atomic E-state index is 0.0957. The molecule has 0 saturated heterocycles. The van der Waals surface area contributed by atoms with E-state index in [1.165, 1.54) is 6.92 Å². The molecule has 0 bridgehead atoms. The van der Waals surface area contributed by atoms with Gasteiger partial charge in [0.2, 0.25) is 0 Å². The highest BCUT2D eigenvalue weighted by Crippen LogP contribution is 2.22. The molecule has 0 spiro atoms. The van der Waals surface area contributed by atoms with Gasteiger partial charge in [0.1, 0.15) is 6.10 Å². The van der Waals surface area contributed by atoms with Gasteiger partial charge in [-0.05, 0) is 32.6 Å². The Kier molecular flexibility index (Phi) is 5.09. The molecule has 1 rings (SSSR count). The summed E-state index contributed by atoms with van der Waals surface area (Å²) >= 11 is 0. The van der Waals surface area contributed by atoms with Crippen molar-refractivity contribution in [1.29, 1.82) is 0 Å². The minimum Gasteiger partial charge on any atom is -0.465 e. The summed E-state index contributed by atoms with van der Waals surface area (Å²) in [5.74, 6) is -2.59. The van der Waals surface area contributed by atoms with Crippen molar-refractivity contribution in [2.45, 2.75) is 44.0 Å². The van der Waals surface area contributed by atoms with E-state index < -0.39 is 33.4 Å². The van der Waals surface area contributed by atoms with Crippen molar-refractivity contribution in [2.75, 3.05) is 6.61 Å². The molecule has 8 heteroatoms. The molecular formula is C10H16O7S. The molecule has 1 saturated carbocycles. The Labute approximate surface area is 105 Å². The topological polar surface area (TPSA) is 107 Å². The van der Waals surface area contributed by atoms with Crippen LogP contribution in [-0.2, 0) is 29.2 Å². The second-order valence-corrected chi connectivity index (χ2v) is 5.49. The smallest absolute Gasteiger partial charge is 0.338 e. The predicted octanol–water partition coefficient (Wildman–Crippen LogP) is 0.292. The van der Waals surface area contributed by atoms with Gasteiger partial charge in [-0.2, -0.15) is 8.42 Å². The molecule has 0 aliphatic heterocycles. The summed E-state index contributed by atoms with van der Waals surface area (Å²) < 4.78 is 40.2. The van der Waals surface area contributed by atoms with Gasteiger partial charge < -0.3 is 9.47 Å². The number of hydrogen-bond donors (Lipinski definition) is 1. The molecule has 0 aromatic heterocycles. The van der Waals surface area contributed by atoms with E-state index in [0.717, 1.165) is 12.8 Å². The molecule has 1 aliphatic rings. The molecule has 104 valence electrons. The van der Waals surface area contributed by atoms with Crippen LogP contribution >= 0.6 is 0 Å². The second kappa shape index (κ2) is 6.14. The molecule has 1 fully saturated rings. The number of ether oxygens (including phenoxy) is 2. The molecule has 0 heterocycles. The SMILES string of the molecule is CCOC(=O)C(C(=O)OC1CCCC1)S(=O)(=O)O. The van der Waals surface area contributed by atoms with Crippen molar-refractivity contribution in [1.82, 2.24) is 0 Å². The summed E-state index contributed by atoms with van der Waals surface area (Å²) in [6, 6.07) is 0. The summed E-state index contributed by atoms with van der Waals surface area (Å²) in [6.45, 7) is 1.36. The highest BCUT2D eigenvalue weighted by atomic mass is 32.2. The van der Waals surface area contributed by atoms with Gasteiger partial charge >= 0.3 is 11.9 Å². The Morgan fingerprint density at radius 3 is 2.28 bits per heavy atom. The van der Waals surface area contributed by atoms with Gasteiger partial charge in [-0.3, -0.25) is 4.55 Å². The van der Waals surface area contributed by atoms with Crippen molar-refractivity contribution < 1.29 is 32.0 Å². The second-order valence-electron chi connectivity index (χ2n) is 3.99. The van der Waals surface area contributed by atoms with Crippen molar-refractivity contribution in [2.24, 2.45) is 0 Å². The first-order chi connectivity index (χ1) is 8.36. The summed E-state index contributed by atoms with van der Waals surface area (Å²) in [4.78, 5) is 22.9. The number of esters is 2. The molecule has 1 unspecified atom stereocenters. The molecule has 18 heavy (non-hydrogen) atoms. The largest absolute Gasteiger partial charge is 0.465 e. The third kappa shape index (κ3) is 3.95. The van der Waals surface area contributed by atoms with E-state index in [1.54, 1.807) is 0 Å². The zero-order valence-electron chi connectivity index (χ0n) is 10.00. The Bertz CT molecular complexity index is 408. The van der Waals surface area contributed by atoms with E-state index >= 15 is 0 Å². The third-order valence-electron chi connectivity index (χ3n) is 2.60. The summed E-state index contributed by atoms with van der Waals surface area (Å²) in [5.41, 5.74) is 0. The number of carbonyl (C=O) groups excluding carboxylic acids is 2. The quantitative estimate of drug-likeness (QED) is 0.438. The van der Waals surface area contributed by atoms with Crippen LogP contribution in [0.15, 0.2) is 0 Å². The van der Waals surface area contributed by atoms with Crippen LogP contribution in [-0.4, -0.2) is 42.9 Å². The van der Waals surface area contributed by atoms with Gasteiger partial charge in [-0.25, -0.2) is 9.59 Å². The highest BCUT2D eigenvalue weighted by Gasteiger charge is 2.42. The van der Waals surface area contributed by atoms with E-state index in [2.05, 4.69) is 4.74 Å². The number of hydrogen-bond acceptors (Lipinski definition) is 6. The molecular weight excluding hydrogens is 264 g/mol. The van der Waals surface area contributed by atoms with Gasteiger partial charge in [0.05, 0.1) is 6.61 Å². The molecule has 0 radical (unpaired) electrons. The normalized spacial score (nSPS) is 18.3.